The fourth-order valence-corrected chi connectivity index (χ4v) is 3.05. The maximum Gasteiger partial charge on any atom is 0.243 e. The van der Waals surface area contributed by atoms with Gasteiger partial charge in [-0.25, -0.2) is 0 Å². The molecule has 0 aromatic heterocycles. The fraction of sp³-hybridized carbons (Fsp3) is 0.474. The van der Waals surface area contributed by atoms with Gasteiger partial charge in [0.15, 0.2) is 5.78 Å². The van der Waals surface area contributed by atoms with Crippen LogP contribution >= 0.6 is 0 Å². The minimum Gasteiger partial charge on any atom is -0.399 e. The van der Waals surface area contributed by atoms with Crippen LogP contribution < -0.4 is 5.73 Å². The molecule has 0 spiro atoms. The number of nitriles is 1. The summed E-state index contributed by atoms with van der Waals surface area (Å²) in [5, 5.41) is 9.05. The molecule has 1 fully saturated rings. The van der Waals surface area contributed by atoms with Crippen molar-refractivity contribution in [3.8, 4) is 6.07 Å². The number of benzene rings is 1. The van der Waals surface area contributed by atoms with Gasteiger partial charge in [-0.3, -0.25) is 14.4 Å². The van der Waals surface area contributed by atoms with E-state index in [2.05, 4.69) is 6.07 Å². The lowest BCUT2D eigenvalue weighted by Gasteiger charge is -2.23. The lowest BCUT2D eigenvalue weighted by molar-refractivity contribution is -0.135. The Morgan fingerprint density at radius 3 is 2.69 bits per heavy atom. The van der Waals surface area contributed by atoms with Gasteiger partial charge in [0, 0.05) is 30.8 Å². The standard InChI is InChI=1S/C19H24N4O3/c20-12-17-4-3-11-23(17)19(26)13-22(14-24)10-2-1-5-18(25)15-6-8-16(21)9-7-15/h6-9,14,17H,1-5,10-11,13,21H2. The Morgan fingerprint density at radius 2 is 2.04 bits per heavy atom. The van der Waals surface area contributed by atoms with Crippen molar-refractivity contribution in [2.24, 2.45) is 0 Å². The molecule has 138 valence electrons. The van der Waals surface area contributed by atoms with Crippen LogP contribution in [0.5, 0.6) is 0 Å². The van der Waals surface area contributed by atoms with Crippen molar-refractivity contribution in [3.63, 3.8) is 0 Å². The van der Waals surface area contributed by atoms with Gasteiger partial charge in [0.2, 0.25) is 12.3 Å². The molecule has 1 saturated heterocycles. The van der Waals surface area contributed by atoms with Crippen molar-refractivity contribution >= 4 is 23.8 Å². The predicted octanol–water partition coefficient (Wildman–Crippen LogP) is 1.59. The smallest absolute Gasteiger partial charge is 0.243 e. The Labute approximate surface area is 153 Å². The normalized spacial score (nSPS) is 16.1. The molecule has 1 unspecified atom stereocenters. The predicted molar refractivity (Wildman–Crippen MR) is 97.0 cm³/mol. The van der Waals surface area contributed by atoms with Crippen LogP contribution in [0.1, 0.15) is 42.5 Å². The summed E-state index contributed by atoms with van der Waals surface area (Å²) in [6, 6.07) is 8.54. The number of likely N-dealkylation sites (tertiary alicyclic amines) is 1. The van der Waals surface area contributed by atoms with Crippen LogP contribution in [0.2, 0.25) is 0 Å². The third kappa shape index (κ3) is 5.31. The summed E-state index contributed by atoms with van der Waals surface area (Å²) in [6.07, 6.45) is 3.81. The molecule has 7 heteroatoms. The molecule has 0 bridgehead atoms. The van der Waals surface area contributed by atoms with Crippen LogP contribution in [0.15, 0.2) is 24.3 Å². The van der Waals surface area contributed by atoms with E-state index in [9.17, 15) is 14.4 Å². The largest absolute Gasteiger partial charge is 0.399 e. The number of nitrogens with two attached hydrogens (primary N) is 1. The molecule has 0 radical (unpaired) electrons. The van der Waals surface area contributed by atoms with Crippen LogP contribution in [0.3, 0.4) is 0 Å². The number of hydrogen-bond acceptors (Lipinski definition) is 5. The van der Waals surface area contributed by atoms with Gasteiger partial charge in [-0.05, 0) is 49.9 Å². The van der Waals surface area contributed by atoms with E-state index in [4.69, 9.17) is 11.0 Å². The van der Waals surface area contributed by atoms with Crippen LogP contribution in [0, 0.1) is 11.3 Å². The summed E-state index contributed by atoms with van der Waals surface area (Å²) in [7, 11) is 0. The average molecular weight is 356 g/mol. The number of unbranched alkanes of at least 4 members (excludes halogenated alkanes) is 1. The number of nitrogen functional groups attached to an aromatic ring is 1. The minimum atomic E-state index is -0.381. The molecule has 26 heavy (non-hydrogen) atoms. The van der Waals surface area contributed by atoms with Crippen molar-refractivity contribution in [1.82, 2.24) is 9.80 Å². The topological polar surface area (TPSA) is 107 Å². The van der Waals surface area contributed by atoms with Gasteiger partial charge >= 0.3 is 0 Å². The number of nitrogens with zero attached hydrogens (tertiary/aromatic N) is 3. The van der Waals surface area contributed by atoms with E-state index >= 15 is 0 Å². The van der Waals surface area contributed by atoms with Gasteiger partial charge in [-0.2, -0.15) is 5.26 Å². The molecule has 1 atom stereocenters. The quantitative estimate of drug-likeness (QED) is 0.313. The number of amides is 2. The molecule has 1 aliphatic rings. The van der Waals surface area contributed by atoms with E-state index in [0.29, 0.717) is 56.4 Å². The molecule has 2 amide bonds. The molecule has 7 nitrogen and oxygen atoms in total. The highest BCUT2D eigenvalue weighted by atomic mass is 16.2. The number of Topliss-reactive ketones (excluding diaryl/α,β-unsaturated/α-hetero) is 1. The van der Waals surface area contributed by atoms with Gasteiger partial charge in [-0.1, -0.05) is 0 Å². The van der Waals surface area contributed by atoms with Crippen LogP contribution in [0.4, 0.5) is 5.69 Å². The van der Waals surface area contributed by atoms with Crippen LogP contribution in [-0.4, -0.2) is 53.6 Å². The van der Waals surface area contributed by atoms with Gasteiger partial charge in [-0.15, -0.1) is 0 Å². The molecule has 1 heterocycles. The maximum atomic E-state index is 12.2. The highest BCUT2D eigenvalue weighted by Crippen LogP contribution is 2.16. The van der Waals surface area contributed by atoms with E-state index < -0.39 is 0 Å². The Balaban J connectivity index is 1.72. The highest BCUT2D eigenvalue weighted by Gasteiger charge is 2.29. The summed E-state index contributed by atoms with van der Waals surface area (Å²) in [5.74, 6) is -0.160. The molecule has 1 aromatic rings. The van der Waals surface area contributed by atoms with Crippen molar-refractivity contribution in [2.45, 2.75) is 38.1 Å². The summed E-state index contributed by atoms with van der Waals surface area (Å²) in [6.45, 7) is 0.961. The number of ketones is 1. The number of rotatable bonds is 9. The second-order valence-corrected chi connectivity index (χ2v) is 6.45. The van der Waals surface area contributed by atoms with E-state index in [1.54, 1.807) is 29.2 Å². The lowest BCUT2D eigenvalue weighted by atomic mass is 10.1. The molecule has 0 aliphatic carbocycles. The molecule has 0 saturated carbocycles. The number of carbonyl (C=O) groups excluding carboxylic acids is 3. The molecule has 2 rings (SSSR count). The van der Waals surface area contributed by atoms with Gasteiger partial charge in [0.25, 0.3) is 0 Å². The number of carbonyl (C=O) groups is 3. The van der Waals surface area contributed by atoms with E-state index in [1.807, 2.05) is 0 Å². The second-order valence-electron chi connectivity index (χ2n) is 6.45. The number of hydrogen-bond donors (Lipinski definition) is 1. The van der Waals surface area contributed by atoms with Crippen LogP contribution in [0.25, 0.3) is 0 Å². The van der Waals surface area contributed by atoms with Gasteiger partial charge in [0.05, 0.1) is 12.6 Å². The first-order chi connectivity index (χ1) is 12.5. The van der Waals surface area contributed by atoms with Crippen molar-refractivity contribution in [2.75, 3.05) is 25.4 Å². The first kappa shape index (κ1) is 19.4. The Morgan fingerprint density at radius 1 is 1.31 bits per heavy atom. The van der Waals surface area contributed by atoms with E-state index in [1.165, 1.54) is 4.90 Å². The molecule has 2 N–H and O–H groups in total. The Bertz CT molecular complexity index is 681. The SMILES string of the molecule is N#CC1CCCN1C(=O)CN(C=O)CCCCC(=O)c1ccc(N)cc1. The minimum absolute atomic E-state index is 0.0202. The Kier molecular flexibility index (Phi) is 7.15. The molecule has 1 aromatic carbocycles. The molecular formula is C19H24N4O3. The average Bonchev–Trinajstić information content (AvgIpc) is 3.13. The Hall–Kier alpha value is -2.88. The third-order valence-electron chi connectivity index (χ3n) is 4.54. The number of anilines is 1. The first-order valence-corrected chi connectivity index (χ1v) is 8.82. The van der Waals surface area contributed by atoms with Crippen LogP contribution in [-0.2, 0) is 9.59 Å². The summed E-state index contributed by atoms with van der Waals surface area (Å²) < 4.78 is 0. The second kappa shape index (κ2) is 9.56. The zero-order chi connectivity index (χ0) is 18.9. The van der Waals surface area contributed by atoms with Crippen molar-refractivity contribution < 1.29 is 14.4 Å². The van der Waals surface area contributed by atoms with Gasteiger partial charge in [0.1, 0.15) is 6.04 Å². The third-order valence-corrected chi connectivity index (χ3v) is 4.54. The zero-order valence-electron chi connectivity index (χ0n) is 14.8. The monoisotopic (exact) mass is 356 g/mol. The van der Waals surface area contributed by atoms with Crippen molar-refractivity contribution in [3.05, 3.63) is 29.8 Å². The molecule has 1 aliphatic heterocycles. The lowest BCUT2D eigenvalue weighted by Crippen LogP contribution is -2.42. The molecular weight excluding hydrogens is 332 g/mol. The fourth-order valence-electron chi connectivity index (χ4n) is 3.05. The highest BCUT2D eigenvalue weighted by molar-refractivity contribution is 5.96. The van der Waals surface area contributed by atoms with Gasteiger partial charge < -0.3 is 15.5 Å². The van der Waals surface area contributed by atoms with Crippen molar-refractivity contribution in [1.29, 1.82) is 5.26 Å². The summed E-state index contributed by atoms with van der Waals surface area (Å²) >= 11 is 0. The van der Waals surface area contributed by atoms with E-state index in [-0.39, 0.29) is 24.3 Å². The first-order valence-electron chi connectivity index (χ1n) is 8.82. The zero-order valence-corrected chi connectivity index (χ0v) is 14.8. The summed E-state index contributed by atoms with van der Waals surface area (Å²) in [4.78, 5) is 38.5. The van der Waals surface area contributed by atoms with E-state index in [0.717, 1.165) is 6.42 Å². The maximum absolute atomic E-state index is 12.2. The summed E-state index contributed by atoms with van der Waals surface area (Å²) in [5.41, 5.74) is 6.84.